The molecule has 13 heteroatoms. The Kier molecular flexibility index (Phi) is 13.4. The predicted molar refractivity (Wildman–Crippen MR) is 144 cm³/mol. The van der Waals surface area contributed by atoms with Gasteiger partial charge in [-0.3, -0.25) is 9.59 Å². The summed E-state index contributed by atoms with van der Waals surface area (Å²) in [5.41, 5.74) is 0.0885. The van der Waals surface area contributed by atoms with Crippen LogP contribution in [0.25, 0.3) is 0 Å². The Morgan fingerprint density at radius 1 is 1.05 bits per heavy atom. The van der Waals surface area contributed by atoms with Gasteiger partial charge in [0.15, 0.2) is 6.04 Å². The number of rotatable bonds is 14. The molecule has 3 N–H and O–H groups in total. The van der Waals surface area contributed by atoms with Gasteiger partial charge in [-0.05, 0) is 43.9 Å². The summed E-state index contributed by atoms with van der Waals surface area (Å²) in [5, 5.41) is 7.57. The van der Waals surface area contributed by atoms with Crippen molar-refractivity contribution in [2.24, 2.45) is 0 Å². The molecule has 1 aromatic carbocycles. The minimum absolute atomic E-state index is 0.0885. The third-order valence-corrected chi connectivity index (χ3v) is 6.75. The second-order valence-corrected chi connectivity index (χ2v) is 10.0. The van der Waals surface area contributed by atoms with Crippen molar-refractivity contribution in [2.45, 2.75) is 89.9 Å². The van der Waals surface area contributed by atoms with Gasteiger partial charge in [0.05, 0.1) is 7.11 Å². The van der Waals surface area contributed by atoms with E-state index >= 15 is 0 Å². The Morgan fingerprint density at radius 3 is 2.34 bits per heavy atom. The van der Waals surface area contributed by atoms with Crippen LogP contribution in [0.5, 0.6) is 0 Å². The van der Waals surface area contributed by atoms with Gasteiger partial charge in [0, 0.05) is 32.5 Å². The zero-order chi connectivity index (χ0) is 30.5. The van der Waals surface area contributed by atoms with Crippen LogP contribution >= 0.6 is 0 Å². The van der Waals surface area contributed by atoms with Gasteiger partial charge in [-0.1, -0.05) is 26.2 Å². The number of nitrogens with zero attached hydrogens (tertiary/aromatic N) is 1. The van der Waals surface area contributed by atoms with E-state index in [1.165, 1.54) is 18.7 Å². The van der Waals surface area contributed by atoms with Gasteiger partial charge in [0.1, 0.15) is 29.8 Å². The molecular formula is C28H40F2N4O7. The van der Waals surface area contributed by atoms with Crippen molar-refractivity contribution in [3.63, 3.8) is 0 Å². The number of halogens is 2. The number of carbonyl (C=O) groups is 5. The van der Waals surface area contributed by atoms with E-state index in [1.54, 1.807) is 0 Å². The number of methoxy groups -OCH3 is 1. The van der Waals surface area contributed by atoms with Crippen LogP contribution in [0.3, 0.4) is 0 Å². The molecule has 228 valence electrons. The zero-order valence-corrected chi connectivity index (χ0v) is 24.0. The lowest BCUT2D eigenvalue weighted by molar-refractivity contribution is -0.163. The molecule has 1 aromatic rings. The van der Waals surface area contributed by atoms with Gasteiger partial charge < -0.3 is 30.3 Å². The molecule has 11 nitrogen and oxygen atoms in total. The van der Waals surface area contributed by atoms with Gasteiger partial charge in [-0.2, -0.15) is 0 Å². The second kappa shape index (κ2) is 16.5. The molecule has 1 saturated heterocycles. The first-order chi connectivity index (χ1) is 19.5. The first kappa shape index (κ1) is 33.4. The van der Waals surface area contributed by atoms with Crippen LogP contribution in [0, 0.1) is 11.6 Å². The quantitative estimate of drug-likeness (QED) is 0.226. The maximum Gasteiger partial charge on any atom is 0.332 e. The molecule has 0 bridgehead atoms. The number of urea groups is 1. The monoisotopic (exact) mass is 582 g/mol. The highest BCUT2D eigenvalue weighted by Gasteiger charge is 2.38. The van der Waals surface area contributed by atoms with Crippen LogP contribution < -0.4 is 16.0 Å². The van der Waals surface area contributed by atoms with Crippen LogP contribution in [0.2, 0.25) is 0 Å². The van der Waals surface area contributed by atoms with Crippen molar-refractivity contribution >= 4 is 29.8 Å². The van der Waals surface area contributed by atoms with E-state index in [0.29, 0.717) is 32.0 Å². The Balaban J connectivity index is 2.18. The van der Waals surface area contributed by atoms with Gasteiger partial charge in [0.2, 0.25) is 11.8 Å². The zero-order valence-electron chi connectivity index (χ0n) is 24.0. The molecule has 0 spiro atoms. The van der Waals surface area contributed by atoms with Gasteiger partial charge >= 0.3 is 18.0 Å². The first-order valence-corrected chi connectivity index (χ1v) is 13.8. The first-order valence-electron chi connectivity index (χ1n) is 13.8. The molecule has 1 fully saturated rings. The van der Waals surface area contributed by atoms with Gasteiger partial charge in [-0.15, -0.1) is 0 Å². The van der Waals surface area contributed by atoms with Crippen molar-refractivity contribution in [3.05, 3.63) is 35.4 Å². The average Bonchev–Trinajstić information content (AvgIpc) is 3.41. The fourth-order valence-electron chi connectivity index (χ4n) is 4.60. The fraction of sp³-hybridized carbons (Fsp3) is 0.607. The van der Waals surface area contributed by atoms with E-state index in [2.05, 4.69) is 22.9 Å². The number of hydrogen-bond acceptors (Lipinski definition) is 7. The predicted octanol–water partition coefficient (Wildman–Crippen LogP) is 2.36. The van der Waals surface area contributed by atoms with E-state index in [-0.39, 0.29) is 17.9 Å². The lowest BCUT2D eigenvalue weighted by Crippen LogP contribution is -2.57. The Labute approximate surface area is 238 Å². The van der Waals surface area contributed by atoms with Crippen molar-refractivity contribution < 1.29 is 42.2 Å². The summed E-state index contributed by atoms with van der Waals surface area (Å²) >= 11 is 0. The summed E-state index contributed by atoms with van der Waals surface area (Å²) in [6, 6.07) is -1.61. The number of amides is 4. The van der Waals surface area contributed by atoms with Crippen molar-refractivity contribution in [3.8, 4) is 0 Å². The number of hydrogen-bond donors (Lipinski definition) is 3. The third-order valence-electron chi connectivity index (χ3n) is 6.75. The molecule has 0 radical (unpaired) electrons. The summed E-state index contributed by atoms with van der Waals surface area (Å²) in [6.07, 6.45) is 3.14. The highest BCUT2D eigenvalue weighted by atomic mass is 19.1. The van der Waals surface area contributed by atoms with E-state index in [4.69, 9.17) is 9.47 Å². The molecule has 2 rings (SSSR count). The van der Waals surface area contributed by atoms with Crippen LogP contribution in [0.4, 0.5) is 13.6 Å². The Morgan fingerprint density at radius 2 is 1.73 bits per heavy atom. The molecule has 0 saturated carbocycles. The molecule has 0 aromatic heterocycles. The van der Waals surface area contributed by atoms with E-state index in [1.807, 2.05) is 0 Å². The molecular weight excluding hydrogens is 542 g/mol. The number of esters is 2. The SMILES string of the molecule is CCCCCCNC(=O)N[C@@H](Cc1cc(F)cc(F)c1)C(=O)N[C@H](C(=O)OC)[C@@H](C)OC(=O)C1CCCN1C(C)=O. The summed E-state index contributed by atoms with van der Waals surface area (Å²) < 4.78 is 37.9. The molecule has 4 amide bonds. The van der Waals surface area contributed by atoms with Crippen LogP contribution in [-0.2, 0) is 35.1 Å². The van der Waals surface area contributed by atoms with Crippen LogP contribution in [0.15, 0.2) is 18.2 Å². The van der Waals surface area contributed by atoms with Gasteiger partial charge in [-0.25, -0.2) is 23.2 Å². The fourth-order valence-corrected chi connectivity index (χ4v) is 4.60. The number of unbranched alkanes of at least 4 members (excludes halogenated alkanes) is 3. The van der Waals surface area contributed by atoms with E-state index in [9.17, 15) is 32.8 Å². The van der Waals surface area contributed by atoms with Crippen LogP contribution in [-0.4, -0.2) is 79.1 Å². The average molecular weight is 583 g/mol. The standard InChI is InChI=1S/C28H40F2N4O7/c1-5-6-7-8-11-31-28(39)32-22(15-19-13-20(29)16-21(30)14-19)25(36)33-24(27(38)40-4)17(2)41-26(37)23-10-9-12-34(23)18(3)35/h13-14,16-17,22-24H,5-12,15H2,1-4H3,(H,33,36)(H2,31,32,39)/t17-,22+,23?,24+/m1/s1. The van der Waals surface area contributed by atoms with E-state index < -0.39 is 59.7 Å². The molecule has 4 atom stereocenters. The third kappa shape index (κ3) is 10.6. The number of ether oxygens (including phenoxy) is 2. The molecule has 1 heterocycles. The van der Waals surface area contributed by atoms with E-state index in [0.717, 1.165) is 44.9 Å². The Bertz CT molecular complexity index is 1070. The Hall–Kier alpha value is -3.77. The largest absolute Gasteiger partial charge is 0.467 e. The van der Waals surface area contributed by atoms with Crippen molar-refractivity contribution in [1.82, 2.24) is 20.9 Å². The minimum atomic E-state index is -1.48. The summed E-state index contributed by atoms with van der Waals surface area (Å²) in [5.74, 6) is -4.55. The number of carbonyl (C=O) groups excluding carboxylic acids is 5. The highest BCUT2D eigenvalue weighted by Crippen LogP contribution is 2.20. The number of likely N-dealkylation sites (tertiary alicyclic amines) is 1. The minimum Gasteiger partial charge on any atom is -0.467 e. The topological polar surface area (TPSA) is 143 Å². The maximum absolute atomic E-state index is 13.8. The number of nitrogens with one attached hydrogen (secondary N) is 3. The number of benzene rings is 1. The molecule has 41 heavy (non-hydrogen) atoms. The van der Waals surface area contributed by atoms with Crippen molar-refractivity contribution in [1.29, 1.82) is 0 Å². The normalized spacial score (nSPS) is 16.7. The smallest absolute Gasteiger partial charge is 0.332 e. The lowest BCUT2D eigenvalue weighted by Gasteiger charge is -2.28. The molecule has 0 aliphatic carbocycles. The summed E-state index contributed by atoms with van der Waals surface area (Å²) in [4.78, 5) is 64.5. The van der Waals surface area contributed by atoms with Gasteiger partial charge in [0.25, 0.3) is 0 Å². The maximum atomic E-state index is 13.8. The molecule has 1 aliphatic heterocycles. The molecule has 1 unspecified atom stereocenters. The van der Waals surface area contributed by atoms with Crippen LogP contribution in [0.1, 0.15) is 64.9 Å². The summed E-state index contributed by atoms with van der Waals surface area (Å²) in [6.45, 7) is 5.52. The summed E-state index contributed by atoms with van der Waals surface area (Å²) in [7, 11) is 1.09. The highest BCUT2D eigenvalue weighted by molar-refractivity contribution is 5.91. The molecule has 1 aliphatic rings. The lowest BCUT2D eigenvalue weighted by atomic mass is 10.0. The second-order valence-electron chi connectivity index (χ2n) is 10.0. The van der Waals surface area contributed by atoms with Crippen molar-refractivity contribution in [2.75, 3.05) is 20.2 Å².